The number of esters is 1. The average Bonchev–Trinajstić information content (AvgIpc) is 2.68. The van der Waals surface area contributed by atoms with E-state index in [9.17, 15) is 4.79 Å². The number of benzene rings is 1. The van der Waals surface area contributed by atoms with Crippen LogP contribution in [0.1, 0.15) is 42.0 Å². The Bertz CT molecular complexity index is 414. The number of methoxy groups -OCH3 is 1. The number of aryl methyl sites for hydroxylation is 1. The van der Waals surface area contributed by atoms with Crippen molar-refractivity contribution in [3.63, 3.8) is 0 Å². The molecule has 0 bridgehead atoms. The van der Waals surface area contributed by atoms with E-state index in [1.807, 2.05) is 13.0 Å². The number of carbonyl (C=O) groups excluding carboxylic acids is 1. The second-order valence-electron chi connectivity index (χ2n) is 4.35. The molecule has 2 unspecified atom stereocenters. The Labute approximate surface area is 95.6 Å². The van der Waals surface area contributed by atoms with Gasteiger partial charge in [-0.15, -0.1) is 0 Å². The molecule has 0 aliphatic heterocycles. The fraction of sp³-hybridized carbons (Fsp3) is 0.462. The average molecular weight is 219 g/mol. The lowest BCUT2D eigenvalue weighted by Gasteiger charge is -2.12. The molecule has 0 aromatic heterocycles. The summed E-state index contributed by atoms with van der Waals surface area (Å²) in [7, 11) is 1.41. The van der Waals surface area contributed by atoms with Crippen molar-refractivity contribution in [3.05, 3.63) is 34.9 Å². The number of hydrogen-bond donors (Lipinski definition) is 1. The Balaban J connectivity index is 2.31. The molecule has 1 aliphatic rings. The van der Waals surface area contributed by atoms with Gasteiger partial charge in [0.1, 0.15) is 0 Å². The molecule has 86 valence electrons. The molecular formula is C13H17NO2. The maximum absolute atomic E-state index is 11.4. The molecule has 0 spiro atoms. The maximum atomic E-state index is 11.4. The summed E-state index contributed by atoms with van der Waals surface area (Å²) in [6, 6.07) is 6.25. The molecule has 2 atom stereocenters. The van der Waals surface area contributed by atoms with Crippen LogP contribution in [0.15, 0.2) is 18.2 Å². The number of nitrogens with two attached hydrogens (primary N) is 1. The zero-order chi connectivity index (χ0) is 11.7. The van der Waals surface area contributed by atoms with E-state index < -0.39 is 0 Å². The van der Waals surface area contributed by atoms with Gasteiger partial charge in [-0.2, -0.15) is 0 Å². The molecule has 0 saturated heterocycles. The summed E-state index contributed by atoms with van der Waals surface area (Å²) in [4.78, 5) is 11.4. The highest BCUT2D eigenvalue weighted by atomic mass is 16.5. The van der Waals surface area contributed by atoms with E-state index in [0.717, 1.165) is 18.4 Å². The van der Waals surface area contributed by atoms with Gasteiger partial charge in [0, 0.05) is 6.04 Å². The van der Waals surface area contributed by atoms with Gasteiger partial charge >= 0.3 is 5.97 Å². The topological polar surface area (TPSA) is 52.3 Å². The van der Waals surface area contributed by atoms with Crippen molar-refractivity contribution in [2.24, 2.45) is 5.73 Å². The predicted molar refractivity (Wildman–Crippen MR) is 62.1 cm³/mol. The van der Waals surface area contributed by atoms with E-state index >= 15 is 0 Å². The van der Waals surface area contributed by atoms with Gasteiger partial charge in [-0.3, -0.25) is 4.79 Å². The zero-order valence-electron chi connectivity index (χ0n) is 9.69. The van der Waals surface area contributed by atoms with Crippen molar-refractivity contribution in [1.29, 1.82) is 0 Å². The highest BCUT2D eigenvalue weighted by Gasteiger charge is 2.22. The lowest BCUT2D eigenvalue weighted by Crippen LogP contribution is -2.12. The molecular weight excluding hydrogens is 202 g/mol. The van der Waals surface area contributed by atoms with Crippen molar-refractivity contribution in [1.82, 2.24) is 0 Å². The van der Waals surface area contributed by atoms with Crippen LogP contribution in [-0.2, 0) is 16.0 Å². The molecule has 2 N–H and O–H groups in total. The van der Waals surface area contributed by atoms with Crippen LogP contribution in [0.5, 0.6) is 0 Å². The fourth-order valence-corrected chi connectivity index (χ4v) is 2.23. The fourth-order valence-electron chi connectivity index (χ4n) is 2.23. The van der Waals surface area contributed by atoms with Gasteiger partial charge in [0.05, 0.1) is 13.0 Å². The Kier molecular flexibility index (Phi) is 2.97. The van der Waals surface area contributed by atoms with E-state index in [4.69, 9.17) is 10.5 Å². The molecule has 2 rings (SSSR count). The molecule has 1 aromatic carbocycles. The largest absolute Gasteiger partial charge is 0.469 e. The van der Waals surface area contributed by atoms with E-state index in [1.165, 1.54) is 18.2 Å². The molecule has 16 heavy (non-hydrogen) atoms. The van der Waals surface area contributed by atoms with Crippen LogP contribution in [-0.4, -0.2) is 13.1 Å². The minimum atomic E-state index is -0.219. The SMILES string of the molecule is COC(=O)C(C)c1ccc2c(c1)C(N)CC2. The molecule has 3 nitrogen and oxygen atoms in total. The van der Waals surface area contributed by atoms with Gasteiger partial charge in [-0.1, -0.05) is 18.2 Å². The first kappa shape index (κ1) is 11.1. The molecule has 1 aliphatic carbocycles. The monoisotopic (exact) mass is 219 g/mol. The zero-order valence-corrected chi connectivity index (χ0v) is 9.69. The number of hydrogen-bond acceptors (Lipinski definition) is 3. The summed E-state index contributed by atoms with van der Waals surface area (Å²) in [5.41, 5.74) is 9.50. The number of rotatable bonds is 2. The highest BCUT2D eigenvalue weighted by molar-refractivity contribution is 5.77. The Morgan fingerprint density at radius 2 is 2.31 bits per heavy atom. The molecule has 3 heteroatoms. The summed E-state index contributed by atoms with van der Waals surface area (Å²) < 4.78 is 4.74. The van der Waals surface area contributed by atoms with E-state index in [1.54, 1.807) is 0 Å². The Morgan fingerprint density at radius 1 is 1.56 bits per heavy atom. The Hall–Kier alpha value is -1.35. The quantitative estimate of drug-likeness (QED) is 0.773. The lowest BCUT2D eigenvalue weighted by atomic mass is 9.96. The van der Waals surface area contributed by atoms with Gasteiger partial charge in [0.2, 0.25) is 0 Å². The van der Waals surface area contributed by atoms with Crippen LogP contribution in [0.2, 0.25) is 0 Å². The summed E-state index contributed by atoms with van der Waals surface area (Å²) in [6.07, 6.45) is 2.05. The standard InChI is InChI=1S/C13H17NO2/c1-8(13(15)16-2)10-4-3-9-5-6-12(14)11(9)7-10/h3-4,7-8,12H,5-6,14H2,1-2H3. The molecule has 0 heterocycles. The predicted octanol–water partition coefficient (Wildman–Crippen LogP) is 1.91. The van der Waals surface area contributed by atoms with Crippen molar-refractivity contribution in [2.45, 2.75) is 31.7 Å². The molecule has 1 aromatic rings. The van der Waals surface area contributed by atoms with E-state index in [0.29, 0.717) is 0 Å². The van der Waals surface area contributed by atoms with E-state index in [2.05, 4.69) is 12.1 Å². The third-order valence-corrected chi connectivity index (χ3v) is 3.35. The Morgan fingerprint density at radius 3 is 3.00 bits per heavy atom. The summed E-state index contributed by atoms with van der Waals surface area (Å²) >= 11 is 0. The normalized spacial score (nSPS) is 20.3. The van der Waals surface area contributed by atoms with Crippen molar-refractivity contribution in [3.8, 4) is 0 Å². The highest BCUT2D eigenvalue weighted by Crippen LogP contribution is 2.31. The second kappa shape index (κ2) is 4.26. The van der Waals surface area contributed by atoms with Crippen molar-refractivity contribution < 1.29 is 9.53 Å². The van der Waals surface area contributed by atoms with Gasteiger partial charge in [-0.05, 0) is 36.5 Å². The summed E-state index contributed by atoms with van der Waals surface area (Å²) in [5, 5.41) is 0. The summed E-state index contributed by atoms with van der Waals surface area (Å²) in [5.74, 6) is -0.422. The smallest absolute Gasteiger partial charge is 0.312 e. The van der Waals surface area contributed by atoms with Crippen molar-refractivity contribution >= 4 is 5.97 Å². The minimum absolute atomic E-state index is 0.125. The van der Waals surface area contributed by atoms with Crippen LogP contribution in [0.3, 0.4) is 0 Å². The van der Waals surface area contributed by atoms with Crippen LogP contribution >= 0.6 is 0 Å². The van der Waals surface area contributed by atoms with Gasteiger partial charge < -0.3 is 10.5 Å². The van der Waals surface area contributed by atoms with Gasteiger partial charge in [0.15, 0.2) is 0 Å². The third kappa shape index (κ3) is 1.83. The molecule has 0 saturated carbocycles. The maximum Gasteiger partial charge on any atom is 0.312 e. The van der Waals surface area contributed by atoms with Crippen LogP contribution in [0, 0.1) is 0 Å². The van der Waals surface area contributed by atoms with Gasteiger partial charge in [0.25, 0.3) is 0 Å². The van der Waals surface area contributed by atoms with Crippen LogP contribution in [0.25, 0.3) is 0 Å². The van der Waals surface area contributed by atoms with Crippen molar-refractivity contribution in [2.75, 3.05) is 7.11 Å². The van der Waals surface area contributed by atoms with Crippen LogP contribution < -0.4 is 5.73 Å². The first-order valence-corrected chi connectivity index (χ1v) is 5.59. The first-order chi connectivity index (χ1) is 7.63. The molecule has 0 radical (unpaired) electrons. The van der Waals surface area contributed by atoms with Gasteiger partial charge in [-0.25, -0.2) is 0 Å². The van der Waals surface area contributed by atoms with Crippen LogP contribution in [0.4, 0.5) is 0 Å². The first-order valence-electron chi connectivity index (χ1n) is 5.59. The lowest BCUT2D eigenvalue weighted by molar-refractivity contribution is -0.141. The number of carbonyl (C=O) groups is 1. The molecule has 0 fully saturated rings. The number of ether oxygens (including phenoxy) is 1. The second-order valence-corrected chi connectivity index (χ2v) is 4.35. The number of fused-ring (bicyclic) bond motifs is 1. The summed E-state index contributed by atoms with van der Waals surface area (Å²) in [6.45, 7) is 1.86. The third-order valence-electron chi connectivity index (χ3n) is 3.35. The minimum Gasteiger partial charge on any atom is -0.469 e. The molecule has 0 amide bonds. The van der Waals surface area contributed by atoms with E-state index in [-0.39, 0.29) is 17.9 Å².